The van der Waals surface area contributed by atoms with Crippen LogP contribution in [0.3, 0.4) is 0 Å². The van der Waals surface area contributed by atoms with Gasteiger partial charge in [-0.3, -0.25) is 14.4 Å². The lowest BCUT2D eigenvalue weighted by Crippen LogP contribution is -2.56. The zero-order valence-corrected chi connectivity index (χ0v) is 20.0. The van der Waals surface area contributed by atoms with Crippen LogP contribution in [0, 0.1) is 17.8 Å². The second-order valence-corrected chi connectivity index (χ2v) is 10.9. The summed E-state index contributed by atoms with van der Waals surface area (Å²) in [6, 6.07) is -0.523. The summed E-state index contributed by atoms with van der Waals surface area (Å²) in [7, 11) is 0. The van der Waals surface area contributed by atoms with E-state index in [1.807, 2.05) is 6.92 Å². The molecule has 0 aromatic rings. The molecule has 3 rings (SSSR count). The zero-order valence-electron chi connectivity index (χ0n) is 19.2. The molecule has 3 fully saturated rings. The standard InChI is InChI=1S/C23H39N3O4S/c1-4-6-11-25-21(29)19-23-15(3)14-16(31-23)17(20(28)24-10-5-2)18(23)22(30)26(19)12-8-7-9-13-27/h15-19,27H,4-14H2,1-3H3,(H,24,28)(H,25,29)/t15?,16-,17+,18+,19?,23?/m1/s1. The van der Waals surface area contributed by atoms with E-state index in [0.29, 0.717) is 26.1 Å². The SMILES string of the molecule is CCCCNC(=O)C1N(CCCCCO)C(=O)[C@@H]2[C@@H](C(=O)NCCC)[C@H]3CC(C)C12S3. The van der Waals surface area contributed by atoms with Gasteiger partial charge in [-0.15, -0.1) is 11.8 Å². The molecule has 0 aliphatic carbocycles. The molecule has 1 spiro atoms. The first-order valence-corrected chi connectivity index (χ1v) is 13.0. The summed E-state index contributed by atoms with van der Waals surface area (Å²) in [5.41, 5.74) is 0. The van der Waals surface area contributed by atoms with Crippen LogP contribution in [0.25, 0.3) is 0 Å². The van der Waals surface area contributed by atoms with Crippen LogP contribution in [-0.4, -0.2) is 70.0 Å². The molecule has 3 aliphatic heterocycles. The minimum Gasteiger partial charge on any atom is -0.396 e. The van der Waals surface area contributed by atoms with Crippen molar-refractivity contribution in [1.29, 1.82) is 0 Å². The molecule has 31 heavy (non-hydrogen) atoms. The van der Waals surface area contributed by atoms with Crippen molar-refractivity contribution in [2.24, 2.45) is 17.8 Å². The van der Waals surface area contributed by atoms with Gasteiger partial charge in [-0.05, 0) is 44.4 Å². The van der Waals surface area contributed by atoms with Crippen LogP contribution in [0.2, 0.25) is 0 Å². The molecular formula is C23H39N3O4S. The van der Waals surface area contributed by atoms with Crippen molar-refractivity contribution in [3.8, 4) is 0 Å². The largest absolute Gasteiger partial charge is 0.396 e. The third kappa shape index (κ3) is 4.34. The number of carbonyl (C=O) groups is 3. The number of aliphatic hydroxyl groups is 1. The molecular weight excluding hydrogens is 414 g/mol. The Balaban J connectivity index is 1.89. The summed E-state index contributed by atoms with van der Waals surface area (Å²) >= 11 is 1.73. The van der Waals surface area contributed by atoms with Crippen LogP contribution in [0.1, 0.15) is 65.7 Å². The normalized spacial score (nSPS) is 33.6. The van der Waals surface area contributed by atoms with Gasteiger partial charge in [0.1, 0.15) is 6.04 Å². The number of thioether (sulfide) groups is 1. The summed E-state index contributed by atoms with van der Waals surface area (Å²) in [6.07, 6.45) is 5.89. The molecule has 3 unspecified atom stereocenters. The molecule has 3 saturated heterocycles. The Morgan fingerprint density at radius 1 is 1.10 bits per heavy atom. The van der Waals surface area contributed by atoms with Crippen LogP contribution in [0.4, 0.5) is 0 Å². The lowest BCUT2D eigenvalue weighted by Gasteiger charge is -2.38. The van der Waals surface area contributed by atoms with E-state index in [9.17, 15) is 14.4 Å². The average molecular weight is 454 g/mol. The Morgan fingerprint density at radius 2 is 1.84 bits per heavy atom. The monoisotopic (exact) mass is 453 g/mol. The molecule has 3 N–H and O–H groups in total. The average Bonchev–Trinajstić information content (AvgIpc) is 3.33. The Kier molecular flexibility index (Phi) is 8.30. The van der Waals surface area contributed by atoms with Crippen LogP contribution in [-0.2, 0) is 14.4 Å². The highest BCUT2D eigenvalue weighted by Gasteiger charge is 2.75. The third-order valence-corrected chi connectivity index (χ3v) is 9.31. The van der Waals surface area contributed by atoms with Gasteiger partial charge in [-0.25, -0.2) is 0 Å². The van der Waals surface area contributed by atoms with Gasteiger partial charge in [0.05, 0.1) is 16.6 Å². The predicted octanol–water partition coefficient (Wildman–Crippen LogP) is 1.93. The fourth-order valence-electron chi connectivity index (χ4n) is 5.78. The number of likely N-dealkylation sites (tertiary alicyclic amines) is 1. The molecule has 0 radical (unpaired) electrons. The molecule has 0 aromatic carbocycles. The van der Waals surface area contributed by atoms with E-state index in [0.717, 1.165) is 38.5 Å². The van der Waals surface area contributed by atoms with Crippen molar-refractivity contribution < 1.29 is 19.5 Å². The maximum atomic E-state index is 13.7. The van der Waals surface area contributed by atoms with Gasteiger partial charge in [0, 0.05) is 31.5 Å². The van der Waals surface area contributed by atoms with Gasteiger partial charge in [0.15, 0.2) is 0 Å². The zero-order chi connectivity index (χ0) is 22.6. The highest BCUT2D eigenvalue weighted by molar-refractivity contribution is 8.02. The van der Waals surface area contributed by atoms with E-state index in [1.165, 1.54) is 0 Å². The first-order chi connectivity index (χ1) is 14.9. The minimum atomic E-state index is -0.525. The smallest absolute Gasteiger partial charge is 0.244 e. The van der Waals surface area contributed by atoms with Crippen LogP contribution in [0.15, 0.2) is 0 Å². The third-order valence-electron chi connectivity index (χ3n) is 7.23. The van der Waals surface area contributed by atoms with Crippen LogP contribution < -0.4 is 10.6 Å². The van der Waals surface area contributed by atoms with Gasteiger partial charge in [-0.2, -0.15) is 0 Å². The van der Waals surface area contributed by atoms with Crippen molar-refractivity contribution in [2.75, 3.05) is 26.2 Å². The minimum absolute atomic E-state index is 0.0289. The van der Waals surface area contributed by atoms with E-state index in [1.54, 1.807) is 16.7 Å². The Labute approximate surface area is 190 Å². The van der Waals surface area contributed by atoms with E-state index < -0.39 is 16.7 Å². The van der Waals surface area contributed by atoms with Gasteiger partial charge in [-0.1, -0.05) is 27.2 Å². The second kappa shape index (κ2) is 10.6. The van der Waals surface area contributed by atoms with Crippen molar-refractivity contribution in [3.05, 3.63) is 0 Å². The summed E-state index contributed by atoms with van der Waals surface area (Å²) in [4.78, 5) is 42.0. The van der Waals surface area contributed by atoms with E-state index in [4.69, 9.17) is 5.11 Å². The fraction of sp³-hybridized carbons (Fsp3) is 0.870. The lowest BCUT2D eigenvalue weighted by molar-refractivity contribution is -0.140. The van der Waals surface area contributed by atoms with Crippen LogP contribution in [0.5, 0.6) is 0 Å². The van der Waals surface area contributed by atoms with Gasteiger partial charge in [0.25, 0.3) is 0 Å². The fourth-order valence-corrected chi connectivity index (χ4v) is 8.20. The number of fused-ring (bicyclic) bond motifs is 1. The molecule has 0 saturated carbocycles. The van der Waals surface area contributed by atoms with E-state index in [-0.39, 0.29) is 41.4 Å². The first kappa shape index (κ1) is 24.4. The number of aliphatic hydroxyl groups excluding tert-OH is 1. The molecule has 2 bridgehead atoms. The number of nitrogens with one attached hydrogen (secondary N) is 2. The van der Waals surface area contributed by atoms with E-state index in [2.05, 4.69) is 24.5 Å². The van der Waals surface area contributed by atoms with Gasteiger partial charge in [0.2, 0.25) is 17.7 Å². The maximum Gasteiger partial charge on any atom is 0.244 e. The molecule has 3 aliphatic rings. The molecule has 6 atom stereocenters. The number of amides is 3. The van der Waals surface area contributed by atoms with Gasteiger partial charge >= 0.3 is 0 Å². The highest BCUT2D eigenvalue weighted by atomic mass is 32.2. The predicted molar refractivity (Wildman–Crippen MR) is 123 cm³/mol. The van der Waals surface area contributed by atoms with Gasteiger partial charge < -0.3 is 20.6 Å². The summed E-state index contributed by atoms with van der Waals surface area (Å²) in [5, 5.41) is 15.3. The van der Waals surface area contributed by atoms with Crippen molar-refractivity contribution in [3.63, 3.8) is 0 Å². The molecule has 3 amide bonds. The Bertz CT molecular complexity index is 675. The van der Waals surface area contributed by atoms with Crippen LogP contribution >= 0.6 is 11.8 Å². The number of nitrogens with zero attached hydrogens (tertiary/aromatic N) is 1. The number of hydrogen-bond donors (Lipinski definition) is 3. The summed E-state index contributed by atoms with van der Waals surface area (Å²) < 4.78 is -0.525. The van der Waals surface area contributed by atoms with Crippen molar-refractivity contribution in [2.45, 2.75) is 81.8 Å². The maximum absolute atomic E-state index is 13.7. The molecule has 7 nitrogen and oxygen atoms in total. The van der Waals surface area contributed by atoms with E-state index >= 15 is 0 Å². The second-order valence-electron chi connectivity index (χ2n) is 9.30. The molecule has 8 heteroatoms. The topological polar surface area (TPSA) is 98.7 Å². The number of rotatable bonds is 12. The Morgan fingerprint density at radius 3 is 2.52 bits per heavy atom. The van der Waals surface area contributed by atoms with Crippen molar-refractivity contribution in [1.82, 2.24) is 15.5 Å². The molecule has 176 valence electrons. The highest BCUT2D eigenvalue weighted by Crippen LogP contribution is 2.68. The molecule has 3 heterocycles. The summed E-state index contributed by atoms with van der Waals surface area (Å²) in [5.74, 6) is -0.704. The molecule has 0 aromatic heterocycles. The van der Waals surface area contributed by atoms with Crippen molar-refractivity contribution >= 4 is 29.5 Å². The first-order valence-electron chi connectivity index (χ1n) is 12.1. The quantitative estimate of drug-likeness (QED) is 0.392. The Hall–Kier alpha value is -1.28. The lowest BCUT2D eigenvalue weighted by atomic mass is 9.66. The number of unbranched alkanes of at least 4 members (excludes halogenated alkanes) is 3. The number of hydrogen-bond acceptors (Lipinski definition) is 5. The summed E-state index contributed by atoms with van der Waals surface area (Å²) in [6.45, 7) is 8.12. The number of carbonyl (C=O) groups excluding carboxylic acids is 3.